The molecule has 45 heavy (non-hydrogen) atoms. The number of benzene rings is 2. The van der Waals surface area contributed by atoms with Gasteiger partial charge in [0.2, 0.25) is 5.88 Å². The first-order valence-corrected chi connectivity index (χ1v) is 15.0. The van der Waals surface area contributed by atoms with E-state index in [0.29, 0.717) is 42.9 Å². The quantitative estimate of drug-likeness (QED) is 0.274. The highest BCUT2D eigenvalue weighted by molar-refractivity contribution is 6.04. The third kappa shape index (κ3) is 7.32. The van der Waals surface area contributed by atoms with Gasteiger partial charge in [-0.15, -0.1) is 0 Å². The van der Waals surface area contributed by atoms with Crippen molar-refractivity contribution < 1.29 is 23.5 Å². The molecule has 0 unspecified atom stereocenters. The number of nitrogens with one attached hydrogen (secondary N) is 2. The van der Waals surface area contributed by atoms with Gasteiger partial charge in [-0.3, -0.25) is 19.4 Å². The monoisotopic (exact) mass is 608 g/mol. The lowest BCUT2D eigenvalue weighted by molar-refractivity contribution is 0.0645. The Morgan fingerprint density at radius 3 is 2.16 bits per heavy atom. The molecule has 4 aromatic rings. The molecule has 2 aliphatic heterocycles. The fourth-order valence-electron chi connectivity index (χ4n) is 5.50. The number of amides is 2. The number of nitrogens with zero attached hydrogens (tertiary/aromatic N) is 4. The van der Waals surface area contributed by atoms with Crippen molar-refractivity contribution in [1.82, 2.24) is 20.2 Å². The van der Waals surface area contributed by atoms with Gasteiger partial charge in [-0.1, -0.05) is 0 Å². The van der Waals surface area contributed by atoms with E-state index in [2.05, 4.69) is 25.5 Å². The van der Waals surface area contributed by atoms with Gasteiger partial charge in [-0.05, 0) is 79.6 Å². The topological polar surface area (TPSA) is 117 Å². The molecule has 11 heteroatoms. The Hall–Kier alpha value is -5.16. The van der Waals surface area contributed by atoms with Gasteiger partial charge in [0.05, 0.1) is 17.4 Å². The molecule has 0 saturated carbocycles. The number of piperazine rings is 1. The number of pyridine rings is 2. The molecule has 6 rings (SSSR count). The lowest BCUT2D eigenvalue weighted by Gasteiger charge is -2.31. The Balaban J connectivity index is 0.980. The van der Waals surface area contributed by atoms with Crippen LogP contribution < -0.4 is 20.3 Å². The van der Waals surface area contributed by atoms with Crippen LogP contribution in [-0.4, -0.2) is 71.7 Å². The number of rotatable bonds is 8. The zero-order valence-electron chi connectivity index (χ0n) is 24.6. The summed E-state index contributed by atoms with van der Waals surface area (Å²) in [5.41, 5.74) is 2.80. The van der Waals surface area contributed by atoms with Crippen molar-refractivity contribution in [3.63, 3.8) is 0 Å². The van der Waals surface area contributed by atoms with E-state index in [9.17, 15) is 18.8 Å². The summed E-state index contributed by atoms with van der Waals surface area (Å²) >= 11 is 0. The van der Waals surface area contributed by atoms with Crippen LogP contribution in [-0.2, 0) is 0 Å². The molecule has 2 amide bonds. The van der Waals surface area contributed by atoms with E-state index in [1.807, 2.05) is 24.3 Å². The summed E-state index contributed by atoms with van der Waals surface area (Å²) in [5, 5.41) is 6.08. The lowest BCUT2D eigenvalue weighted by Crippen LogP contribution is -2.43. The standard InChI is InChI=1S/C34H33FN6O4/c35-26-4-9-29(10-5-26)45-31-12-6-27(22-38-31)39-33(43)25-3-11-30(37-21-25)34(44)41-17-13-24(14-18-41)32(42)23-1-7-28(8-2-23)40-19-15-36-16-20-40/h1-12,21-22,24,36H,13-20H2,(H,39,43). The van der Waals surface area contributed by atoms with Crippen LogP contribution in [0.1, 0.15) is 44.0 Å². The number of piperidine rings is 1. The van der Waals surface area contributed by atoms with Gasteiger partial charge in [-0.25, -0.2) is 9.37 Å². The van der Waals surface area contributed by atoms with Crippen LogP contribution in [0.25, 0.3) is 0 Å². The van der Waals surface area contributed by atoms with Crippen molar-refractivity contribution in [1.29, 1.82) is 0 Å². The summed E-state index contributed by atoms with van der Waals surface area (Å²) in [6.07, 6.45) is 3.99. The van der Waals surface area contributed by atoms with Gasteiger partial charge in [0, 0.05) is 68.7 Å². The second-order valence-corrected chi connectivity index (χ2v) is 11.0. The number of ketones is 1. The summed E-state index contributed by atoms with van der Waals surface area (Å²) in [6, 6.07) is 19.7. The van der Waals surface area contributed by atoms with Gasteiger partial charge >= 0.3 is 0 Å². The average molecular weight is 609 g/mol. The number of aromatic nitrogens is 2. The third-order valence-corrected chi connectivity index (χ3v) is 8.06. The molecule has 0 aliphatic carbocycles. The summed E-state index contributed by atoms with van der Waals surface area (Å²) in [6.45, 7) is 4.75. The zero-order valence-corrected chi connectivity index (χ0v) is 24.6. The molecule has 2 N–H and O–H groups in total. The molecule has 2 fully saturated rings. The molecule has 230 valence electrons. The SMILES string of the molecule is O=C(Nc1ccc(Oc2ccc(F)cc2)nc1)c1ccc(C(=O)N2CCC(C(=O)c3ccc(N4CCNCC4)cc3)CC2)nc1. The fourth-order valence-corrected chi connectivity index (χ4v) is 5.50. The molecule has 0 bridgehead atoms. The molecule has 2 aromatic heterocycles. The van der Waals surface area contributed by atoms with Crippen LogP contribution in [0.4, 0.5) is 15.8 Å². The summed E-state index contributed by atoms with van der Waals surface area (Å²) in [7, 11) is 0. The Morgan fingerprint density at radius 2 is 1.51 bits per heavy atom. The fraction of sp³-hybridized carbons (Fsp3) is 0.265. The molecular formula is C34H33FN6O4. The van der Waals surface area contributed by atoms with E-state index in [1.54, 1.807) is 23.1 Å². The number of carbonyl (C=O) groups is 3. The average Bonchev–Trinajstić information content (AvgIpc) is 3.10. The minimum absolute atomic E-state index is 0.118. The number of halogens is 1. The number of Topliss-reactive ketones (excluding diaryl/α,β-unsaturated/α-hetero) is 1. The normalized spacial score (nSPS) is 15.4. The molecule has 2 aromatic carbocycles. The Labute approximate surface area is 260 Å². The Bertz CT molecular complexity index is 1630. The van der Waals surface area contributed by atoms with Gasteiger partial charge in [0.1, 0.15) is 17.3 Å². The first-order valence-electron chi connectivity index (χ1n) is 15.0. The predicted octanol–water partition coefficient (Wildman–Crippen LogP) is 4.81. The van der Waals surface area contributed by atoms with Gasteiger partial charge < -0.3 is 25.2 Å². The largest absolute Gasteiger partial charge is 0.439 e. The lowest BCUT2D eigenvalue weighted by atomic mass is 9.88. The third-order valence-electron chi connectivity index (χ3n) is 8.06. The van der Waals surface area contributed by atoms with E-state index >= 15 is 0 Å². The predicted molar refractivity (Wildman–Crippen MR) is 167 cm³/mol. The van der Waals surface area contributed by atoms with Crippen LogP contribution in [0.5, 0.6) is 11.6 Å². The number of hydrogen-bond donors (Lipinski definition) is 2. The van der Waals surface area contributed by atoms with Gasteiger partial charge in [0.15, 0.2) is 5.78 Å². The van der Waals surface area contributed by atoms with Crippen molar-refractivity contribution in [2.75, 3.05) is 49.5 Å². The van der Waals surface area contributed by atoms with Crippen molar-refractivity contribution in [2.24, 2.45) is 5.92 Å². The molecule has 10 nitrogen and oxygen atoms in total. The molecule has 0 spiro atoms. The van der Waals surface area contributed by atoms with Crippen LogP contribution in [0, 0.1) is 11.7 Å². The van der Waals surface area contributed by atoms with E-state index in [1.165, 1.54) is 42.7 Å². The second kappa shape index (κ2) is 13.6. The Morgan fingerprint density at radius 1 is 0.800 bits per heavy atom. The smallest absolute Gasteiger partial charge is 0.272 e. The van der Waals surface area contributed by atoms with Crippen molar-refractivity contribution >= 4 is 29.0 Å². The summed E-state index contributed by atoms with van der Waals surface area (Å²) in [5.74, 6) is -0.283. The molecule has 2 aliphatic rings. The maximum atomic E-state index is 13.2. The van der Waals surface area contributed by atoms with Crippen LogP contribution in [0.3, 0.4) is 0 Å². The number of ether oxygens (including phenoxy) is 1. The highest BCUT2D eigenvalue weighted by atomic mass is 19.1. The zero-order chi connectivity index (χ0) is 31.2. The van der Waals surface area contributed by atoms with Crippen molar-refractivity contribution in [3.8, 4) is 11.6 Å². The molecule has 0 radical (unpaired) electrons. The minimum atomic E-state index is -0.407. The van der Waals surface area contributed by atoms with E-state index in [4.69, 9.17) is 4.74 Å². The highest BCUT2D eigenvalue weighted by Gasteiger charge is 2.29. The van der Waals surface area contributed by atoms with E-state index in [0.717, 1.165) is 31.9 Å². The van der Waals surface area contributed by atoms with E-state index in [-0.39, 0.29) is 40.6 Å². The molecule has 0 atom stereocenters. The van der Waals surface area contributed by atoms with Crippen molar-refractivity contribution in [2.45, 2.75) is 12.8 Å². The molecule has 2 saturated heterocycles. The van der Waals surface area contributed by atoms with E-state index < -0.39 is 5.91 Å². The molecule has 4 heterocycles. The first-order chi connectivity index (χ1) is 21.9. The number of carbonyl (C=O) groups excluding carboxylic acids is 3. The first kappa shape index (κ1) is 29.9. The van der Waals surface area contributed by atoms with Crippen LogP contribution in [0.2, 0.25) is 0 Å². The summed E-state index contributed by atoms with van der Waals surface area (Å²) < 4.78 is 18.6. The minimum Gasteiger partial charge on any atom is -0.439 e. The number of anilines is 2. The maximum Gasteiger partial charge on any atom is 0.272 e. The molecular weight excluding hydrogens is 575 g/mol. The maximum absolute atomic E-state index is 13.2. The second-order valence-electron chi connectivity index (χ2n) is 11.0. The van der Waals surface area contributed by atoms with Gasteiger partial charge in [-0.2, -0.15) is 0 Å². The number of likely N-dealkylation sites (tertiary alicyclic amines) is 1. The van der Waals surface area contributed by atoms with Gasteiger partial charge in [0.25, 0.3) is 11.8 Å². The summed E-state index contributed by atoms with van der Waals surface area (Å²) in [4.78, 5) is 51.5. The number of hydrogen-bond acceptors (Lipinski definition) is 8. The van der Waals surface area contributed by atoms with Crippen LogP contribution >= 0.6 is 0 Å². The highest BCUT2D eigenvalue weighted by Crippen LogP contribution is 2.25. The Kier molecular flexibility index (Phi) is 9.06. The van der Waals surface area contributed by atoms with Crippen LogP contribution in [0.15, 0.2) is 85.2 Å². The van der Waals surface area contributed by atoms with Crippen molar-refractivity contribution in [3.05, 3.63) is 108 Å².